The van der Waals surface area contributed by atoms with Gasteiger partial charge in [-0.3, -0.25) is 0 Å². The first-order valence-corrected chi connectivity index (χ1v) is 8.26. The molecule has 102 valence electrons. The lowest BCUT2D eigenvalue weighted by Gasteiger charge is -2.16. The van der Waals surface area contributed by atoms with Gasteiger partial charge in [0.1, 0.15) is 0 Å². The normalized spacial score (nSPS) is 16.9. The second-order valence-electron chi connectivity index (χ2n) is 5.47. The average Bonchev–Trinajstić information content (AvgIpc) is 3.17. The molecular weight excluding hydrogens is 252 g/mol. The number of aryl methyl sites for hydroxylation is 1. The number of rotatable bonds is 7. The van der Waals surface area contributed by atoms with Crippen LogP contribution in [0.25, 0.3) is 10.2 Å². The highest BCUT2D eigenvalue weighted by molar-refractivity contribution is 7.18. The van der Waals surface area contributed by atoms with E-state index in [2.05, 4.69) is 36.5 Å². The maximum Gasteiger partial charge on any atom is 0.0938 e. The van der Waals surface area contributed by atoms with Crippen LogP contribution in [0.1, 0.15) is 37.6 Å². The van der Waals surface area contributed by atoms with Crippen molar-refractivity contribution < 1.29 is 0 Å². The summed E-state index contributed by atoms with van der Waals surface area (Å²) in [7, 11) is 0. The molecule has 1 aliphatic carbocycles. The van der Waals surface area contributed by atoms with Crippen molar-refractivity contribution in [3.8, 4) is 0 Å². The van der Waals surface area contributed by atoms with Crippen molar-refractivity contribution in [2.75, 3.05) is 6.54 Å². The zero-order chi connectivity index (χ0) is 13.1. The van der Waals surface area contributed by atoms with Crippen LogP contribution in [0.5, 0.6) is 0 Å². The summed E-state index contributed by atoms with van der Waals surface area (Å²) in [4.78, 5) is 4.71. The SMILES string of the molecule is CCNC(CCCc1nc2ccccc2s1)C1CC1. The summed E-state index contributed by atoms with van der Waals surface area (Å²) < 4.78 is 1.32. The Kier molecular flexibility index (Phi) is 4.14. The standard InChI is InChI=1S/C16H22N2S/c1-2-17-13(12-10-11-12)7-5-9-16-18-14-6-3-4-8-15(14)19-16/h3-4,6,8,12-13,17H,2,5,7,9-11H2,1H3. The van der Waals surface area contributed by atoms with E-state index in [1.165, 1.54) is 35.4 Å². The number of aromatic nitrogens is 1. The monoisotopic (exact) mass is 274 g/mol. The smallest absolute Gasteiger partial charge is 0.0938 e. The summed E-state index contributed by atoms with van der Waals surface area (Å²) in [5, 5.41) is 4.94. The van der Waals surface area contributed by atoms with Crippen LogP contribution in [0.3, 0.4) is 0 Å². The van der Waals surface area contributed by atoms with E-state index in [1.54, 1.807) is 0 Å². The highest BCUT2D eigenvalue weighted by atomic mass is 32.1. The van der Waals surface area contributed by atoms with E-state index < -0.39 is 0 Å². The van der Waals surface area contributed by atoms with Gasteiger partial charge in [-0.1, -0.05) is 19.1 Å². The Morgan fingerprint density at radius 2 is 2.21 bits per heavy atom. The summed E-state index contributed by atoms with van der Waals surface area (Å²) in [6.45, 7) is 3.31. The fraction of sp³-hybridized carbons (Fsp3) is 0.562. The van der Waals surface area contributed by atoms with Crippen molar-refractivity contribution in [1.29, 1.82) is 0 Å². The minimum atomic E-state index is 0.749. The van der Waals surface area contributed by atoms with Crippen molar-refractivity contribution in [3.63, 3.8) is 0 Å². The third kappa shape index (κ3) is 3.34. The topological polar surface area (TPSA) is 24.9 Å². The molecule has 1 aromatic carbocycles. The first kappa shape index (κ1) is 13.1. The number of hydrogen-bond donors (Lipinski definition) is 1. The maximum atomic E-state index is 4.71. The summed E-state index contributed by atoms with van der Waals surface area (Å²) >= 11 is 1.85. The van der Waals surface area contributed by atoms with E-state index >= 15 is 0 Å². The molecule has 1 N–H and O–H groups in total. The van der Waals surface area contributed by atoms with E-state index in [4.69, 9.17) is 4.98 Å². The predicted octanol–water partition coefficient (Wildman–Crippen LogP) is 4.01. The minimum absolute atomic E-state index is 0.749. The van der Waals surface area contributed by atoms with Gasteiger partial charge < -0.3 is 5.32 Å². The molecule has 0 amide bonds. The highest BCUT2D eigenvalue weighted by Gasteiger charge is 2.29. The van der Waals surface area contributed by atoms with Gasteiger partial charge in [0.15, 0.2) is 0 Å². The molecule has 1 saturated carbocycles. The van der Waals surface area contributed by atoms with Crippen LogP contribution in [0.2, 0.25) is 0 Å². The van der Waals surface area contributed by atoms with E-state index in [-0.39, 0.29) is 0 Å². The molecular formula is C16H22N2S. The summed E-state index contributed by atoms with van der Waals surface area (Å²) in [5.41, 5.74) is 1.16. The van der Waals surface area contributed by atoms with Crippen molar-refractivity contribution in [2.24, 2.45) is 5.92 Å². The Bertz CT molecular complexity index is 497. The van der Waals surface area contributed by atoms with E-state index in [1.807, 2.05) is 11.3 Å². The quantitative estimate of drug-likeness (QED) is 0.825. The van der Waals surface area contributed by atoms with E-state index in [0.717, 1.165) is 30.4 Å². The van der Waals surface area contributed by atoms with Crippen LogP contribution in [0.4, 0.5) is 0 Å². The Morgan fingerprint density at radius 3 is 2.95 bits per heavy atom. The zero-order valence-electron chi connectivity index (χ0n) is 11.6. The van der Waals surface area contributed by atoms with Gasteiger partial charge in [-0.05, 0) is 56.7 Å². The molecule has 0 spiro atoms. The molecule has 1 fully saturated rings. The lowest BCUT2D eigenvalue weighted by Crippen LogP contribution is -2.30. The molecule has 1 atom stereocenters. The maximum absolute atomic E-state index is 4.71. The van der Waals surface area contributed by atoms with Crippen LogP contribution >= 0.6 is 11.3 Å². The van der Waals surface area contributed by atoms with Gasteiger partial charge in [-0.25, -0.2) is 4.98 Å². The number of thiazole rings is 1. The van der Waals surface area contributed by atoms with Crippen molar-refractivity contribution in [3.05, 3.63) is 29.3 Å². The molecule has 0 saturated heterocycles. The zero-order valence-corrected chi connectivity index (χ0v) is 12.4. The molecule has 1 unspecified atom stereocenters. The number of benzene rings is 1. The second-order valence-corrected chi connectivity index (χ2v) is 6.58. The lowest BCUT2D eigenvalue weighted by molar-refractivity contribution is 0.434. The number of nitrogens with one attached hydrogen (secondary N) is 1. The van der Waals surface area contributed by atoms with E-state index in [9.17, 15) is 0 Å². The summed E-state index contributed by atoms with van der Waals surface area (Å²) in [6.07, 6.45) is 6.55. The molecule has 1 aromatic heterocycles. The van der Waals surface area contributed by atoms with Crippen LogP contribution in [-0.2, 0) is 6.42 Å². The number of hydrogen-bond acceptors (Lipinski definition) is 3. The van der Waals surface area contributed by atoms with Crippen LogP contribution in [0, 0.1) is 5.92 Å². The minimum Gasteiger partial charge on any atom is -0.314 e. The van der Waals surface area contributed by atoms with Gasteiger partial charge in [0.05, 0.1) is 15.2 Å². The Labute approximate surface area is 119 Å². The number of fused-ring (bicyclic) bond motifs is 1. The molecule has 19 heavy (non-hydrogen) atoms. The van der Waals surface area contributed by atoms with Gasteiger partial charge in [0.2, 0.25) is 0 Å². The molecule has 0 radical (unpaired) electrons. The summed E-state index contributed by atoms with van der Waals surface area (Å²) in [6, 6.07) is 9.20. The fourth-order valence-corrected chi connectivity index (χ4v) is 3.77. The molecule has 1 heterocycles. The van der Waals surface area contributed by atoms with Gasteiger partial charge in [0.25, 0.3) is 0 Å². The Balaban J connectivity index is 1.53. The predicted molar refractivity (Wildman–Crippen MR) is 82.7 cm³/mol. The molecule has 0 aliphatic heterocycles. The lowest BCUT2D eigenvalue weighted by atomic mass is 10.1. The molecule has 0 bridgehead atoms. The van der Waals surface area contributed by atoms with Gasteiger partial charge >= 0.3 is 0 Å². The number of para-hydroxylation sites is 1. The van der Waals surface area contributed by atoms with Crippen LogP contribution in [-0.4, -0.2) is 17.6 Å². The number of nitrogens with zero attached hydrogens (tertiary/aromatic N) is 1. The van der Waals surface area contributed by atoms with E-state index in [0.29, 0.717) is 0 Å². The molecule has 1 aliphatic rings. The van der Waals surface area contributed by atoms with Gasteiger partial charge in [-0.15, -0.1) is 11.3 Å². The highest BCUT2D eigenvalue weighted by Crippen LogP contribution is 2.34. The summed E-state index contributed by atoms with van der Waals surface area (Å²) in [5.74, 6) is 0.954. The van der Waals surface area contributed by atoms with Crippen molar-refractivity contribution in [2.45, 2.75) is 45.1 Å². The Hall–Kier alpha value is -0.930. The third-order valence-electron chi connectivity index (χ3n) is 3.90. The molecule has 3 heteroatoms. The Morgan fingerprint density at radius 1 is 1.37 bits per heavy atom. The van der Waals surface area contributed by atoms with Gasteiger partial charge in [0, 0.05) is 6.04 Å². The molecule has 2 aromatic rings. The largest absolute Gasteiger partial charge is 0.314 e. The molecule has 2 nitrogen and oxygen atoms in total. The van der Waals surface area contributed by atoms with Crippen LogP contribution in [0.15, 0.2) is 24.3 Å². The van der Waals surface area contributed by atoms with Gasteiger partial charge in [-0.2, -0.15) is 0 Å². The van der Waals surface area contributed by atoms with Crippen LogP contribution < -0.4 is 5.32 Å². The second kappa shape index (κ2) is 6.02. The van der Waals surface area contributed by atoms with Crippen molar-refractivity contribution in [1.82, 2.24) is 10.3 Å². The fourth-order valence-electron chi connectivity index (χ4n) is 2.77. The molecule has 3 rings (SSSR count). The third-order valence-corrected chi connectivity index (χ3v) is 5.00. The van der Waals surface area contributed by atoms with Crippen molar-refractivity contribution >= 4 is 21.6 Å². The average molecular weight is 274 g/mol. The first-order valence-electron chi connectivity index (χ1n) is 7.44. The first-order chi connectivity index (χ1) is 9.36.